The number of amides is 1. The summed E-state index contributed by atoms with van der Waals surface area (Å²) in [5.74, 6) is -0.0352. The van der Waals surface area contributed by atoms with E-state index >= 15 is 0 Å². The van der Waals surface area contributed by atoms with E-state index in [9.17, 15) is 4.79 Å². The van der Waals surface area contributed by atoms with Crippen LogP contribution in [-0.2, 0) is 6.42 Å². The molecule has 1 aromatic heterocycles. The summed E-state index contributed by atoms with van der Waals surface area (Å²) in [6, 6.07) is 24.2. The molecule has 134 valence electrons. The Morgan fingerprint density at radius 2 is 1.78 bits per heavy atom. The predicted octanol–water partition coefficient (Wildman–Crippen LogP) is 5.12. The van der Waals surface area contributed by atoms with Crippen molar-refractivity contribution in [2.75, 3.05) is 6.54 Å². The van der Waals surface area contributed by atoms with Gasteiger partial charge >= 0.3 is 0 Å². The van der Waals surface area contributed by atoms with E-state index < -0.39 is 0 Å². The van der Waals surface area contributed by atoms with Crippen LogP contribution in [0, 0.1) is 6.92 Å². The van der Waals surface area contributed by atoms with Gasteiger partial charge in [-0.15, -0.1) is 0 Å². The van der Waals surface area contributed by atoms with Crippen LogP contribution in [0.25, 0.3) is 22.0 Å². The van der Waals surface area contributed by atoms with Crippen LogP contribution >= 0.6 is 0 Å². The average molecular weight is 354 g/mol. The van der Waals surface area contributed by atoms with Crippen molar-refractivity contribution in [1.82, 2.24) is 10.3 Å². The largest absolute Gasteiger partial charge is 0.361 e. The normalized spacial score (nSPS) is 10.9. The highest BCUT2D eigenvalue weighted by atomic mass is 16.1. The van der Waals surface area contributed by atoms with Crippen LogP contribution in [0.1, 0.15) is 21.5 Å². The van der Waals surface area contributed by atoms with E-state index in [0.29, 0.717) is 12.1 Å². The minimum absolute atomic E-state index is 0.0352. The number of para-hydroxylation sites is 1. The molecule has 0 saturated carbocycles. The van der Waals surface area contributed by atoms with E-state index in [0.717, 1.165) is 23.1 Å². The molecule has 1 amide bonds. The number of nitrogens with one attached hydrogen (secondary N) is 2. The fourth-order valence-corrected chi connectivity index (χ4v) is 3.49. The van der Waals surface area contributed by atoms with Crippen molar-refractivity contribution in [1.29, 1.82) is 0 Å². The molecule has 0 aliphatic rings. The highest BCUT2D eigenvalue weighted by molar-refractivity contribution is 6.01. The van der Waals surface area contributed by atoms with E-state index in [1.165, 1.54) is 16.5 Å². The summed E-state index contributed by atoms with van der Waals surface area (Å²) >= 11 is 0. The van der Waals surface area contributed by atoms with Gasteiger partial charge in [0.1, 0.15) is 0 Å². The number of rotatable bonds is 5. The number of aromatic nitrogens is 1. The summed E-state index contributed by atoms with van der Waals surface area (Å²) in [6.45, 7) is 2.66. The maximum absolute atomic E-state index is 12.8. The number of fused-ring (bicyclic) bond motifs is 1. The van der Waals surface area contributed by atoms with E-state index in [4.69, 9.17) is 0 Å². The summed E-state index contributed by atoms with van der Waals surface area (Å²) in [7, 11) is 0. The summed E-state index contributed by atoms with van der Waals surface area (Å²) in [6.07, 6.45) is 2.82. The Morgan fingerprint density at radius 1 is 0.963 bits per heavy atom. The second-order valence-electron chi connectivity index (χ2n) is 6.78. The highest BCUT2D eigenvalue weighted by Gasteiger charge is 2.12. The van der Waals surface area contributed by atoms with Gasteiger partial charge in [0.15, 0.2) is 0 Å². The van der Waals surface area contributed by atoms with E-state index in [-0.39, 0.29) is 5.91 Å². The van der Waals surface area contributed by atoms with Crippen LogP contribution in [0.4, 0.5) is 0 Å². The first-order valence-electron chi connectivity index (χ1n) is 9.21. The smallest absolute Gasteiger partial charge is 0.251 e. The molecule has 2 N–H and O–H groups in total. The molecule has 0 spiro atoms. The lowest BCUT2D eigenvalue weighted by Gasteiger charge is -2.11. The molecule has 27 heavy (non-hydrogen) atoms. The first kappa shape index (κ1) is 17.1. The number of hydrogen-bond donors (Lipinski definition) is 2. The molecule has 3 heteroatoms. The number of H-pyrrole nitrogens is 1. The van der Waals surface area contributed by atoms with Crippen molar-refractivity contribution >= 4 is 16.8 Å². The van der Waals surface area contributed by atoms with Gasteiger partial charge in [0.25, 0.3) is 5.91 Å². The molecule has 0 saturated heterocycles. The Hall–Kier alpha value is -3.33. The number of aryl methyl sites for hydroxylation is 1. The standard InChI is InChI=1S/C24H22N2O/c1-17-7-6-8-18(15-17)20-9-2-3-11-22(20)24(27)25-14-13-19-16-26-23-12-5-4-10-21(19)23/h2-12,15-16,26H,13-14H2,1H3,(H,25,27). The molecular weight excluding hydrogens is 332 g/mol. The Balaban J connectivity index is 1.49. The molecule has 0 bridgehead atoms. The molecule has 3 nitrogen and oxygen atoms in total. The Kier molecular flexibility index (Phi) is 4.75. The lowest BCUT2D eigenvalue weighted by molar-refractivity contribution is 0.0955. The number of benzene rings is 3. The van der Waals surface area contributed by atoms with E-state index in [1.54, 1.807) is 0 Å². The summed E-state index contributed by atoms with van der Waals surface area (Å²) in [5.41, 5.74) is 6.27. The topological polar surface area (TPSA) is 44.9 Å². The Labute approximate surface area is 159 Å². The lowest BCUT2D eigenvalue weighted by Crippen LogP contribution is -2.26. The van der Waals surface area contributed by atoms with Crippen molar-refractivity contribution in [3.63, 3.8) is 0 Å². The maximum atomic E-state index is 12.8. The van der Waals surface area contributed by atoms with Crippen LogP contribution in [0.5, 0.6) is 0 Å². The zero-order chi connectivity index (χ0) is 18.6. The zero-order valence-electron chi connectivity index (χ0n) is 15.3. The van der Waals surface area contributed by atoms with Gasteiger partial charge in [0, 0.05) is 29.2 Å². The van der Waals surface area contributed by atoms with E-state index in [1.807, 2.05) is 54.7 Å². The highest BCUT2D eigenvalue weighted by Crippen LogP contribution is 2.24. The van der Waals surface area contributed by atoms with Crippen LogP contribution < -0.4 is 5.32 Å². The third-order valence-electron chi connectivity index (χ3n) is 4.86. The zero-order valence-corrected chi connectivity index (χ0v) is 15.3. The SMILES string of the molecule is Cc1cccc(-c2ccccc2C(=O)NCCc2c[nH]c3ccccc23)c1. The molecular formula is C24H22N2O. The van der Waals surface area contributed by atoms with E-state index in [2.05, 4.69) is 41.5 Å². The minimum atomic E-state index is -0.0352. The molecule has 0 aliphatic carbocycles. The summed E-state index contributed by atoms with van der Waals surface area (Å²) < 4.78 is 0. The molecule has 0 fully saturated rings. The van der Waals surface area contributed by atoms with Gasteiger partial charge in [0.2, 0.25) is 0 Å². The van der Waals surface area contributed by atoms with Crippen LogP contribution in [0.2, 0.25) is 0 Å². The van der Waals surface area contributed by atoms with Gasteiger partial charge in [-0.25, -0.2) is 0 Å². The van der Waals surface area contributed by atoms with Crippen LogP contribution in [0.15, 0.2) is 79.0 Å². The van der Waals surface area contributed by atoms with Gasteiger partial charge in [0.05, 0.1) is 0 Å². The fourth-order valence-electron chi connectivity index (χ4n) is 3.49. The first-order valence-corrected chi connectivity index (χ1v) is 9.21. The predicted molar refractivity (Wildman–Crippen MR) is 111 cm³/mol. The Morgan fingerprint density at radius 3 is 2.67 bits per heavy atom. The summed E-state index contributed by atoms with van der Waals surface area (Å²) in [5, 5.41) is 4.29. The molecule has 0 radical (unpaired) electrons. The number of hydrogen-bond acceptors (Lipinski definition) is 1. The summed E-state index contributed by atoms with van der Waals surface area (Å²) in [4.78, 5) is 16.1. The molecule has 1 heterocycles. The second-order valence-corrected chi connectivity index (χ2v) is 6.78. The molecule has 0 aliphatic heterocycles. The molecule has 0 atom stereocenters. The van der Waals surface area contributed by atoms with Crippen molar-refractivity contribution in [2.45, 2.75) is 13.3 Å². The monoisotopic (exact) mass is 354 g/mol. The van der Waals surface area contributed by atoms with Gasteiger partial charge in [-0.05, 0) is 42.2 Å². The van der Waals surface area contributed by atoms with Gasteiger partial charge in [-0.1, -0.05) is 66.2 Å². The van der Waals surface area contributed by atoms with Gasteiger partial charge in [-0.2, -0.15) is 0 Å². The van der Waals surface area contributed by atoms with Crippen LogP contribution in [0.3, 0.4) is 0 Å². The van der Waals surface area contributed by atoms with Gasteiger partial charge < -0.3 is 10.3 Å². The molecule has 4 rings (SSSR count). The van der Waals surface area contributed by atoms with Crippen molar-refractivity contribution in [3.8, 4) is 11.1 Å². The van der Waals surface area contributed by atoms with Crippen LogP contribution in [-0.4, -0.2) is 17.4 Å². The number of carbonyl (C=O) groups is 1. The number of carbonyl (C=O) groups excluding carboxylic acids is 1. The average Bonchev–Trinajstić information content (AvgIpc) is 3.11. The minimum Gasteiger partial charge on any atom is -0.361 e. The van der Waals surface area contributed by atoms with Crippen molar-refractivity contribution < 1.29 is 4.79 Å². The van der Waals surface area contributed by atoms with Crippen molar-refractivity contribution in [3.05, 3.63) is 95.7 Å². The third kappa shape index (κ3) is 3.63. The van der Waals surface area contributed by atoms with Gasteiger partial charge in [-0.3, -0.25) is 4.79 Å². The lowest BCUT2D eigenvalue weighted by atomic mass is 9.98. The maximum Gasteiger partial charge on any atom is 0.251 e. The third-order valence-corrected chi connectivity index (χ3v) is 4.86. The van der Waals surface area contributed by atoms with Crippen molar-refractivity contribution in [2.24, 2.45) is 0 Å². The fraction of sp³-hybridized carbons (Fsp3) is 0.125. The quantitative estimate of drug-likeness (QED) is 0.513. The molecule has 3 aromatic carbocycles. The first-order chi connectivity index (χ1) is 13.2. The second kappa shape index (κ2) is 7.50. The molecule has 4 aromatic rings. The molecule has 0 unspecified atom stereocenters. The Bertz CT molecular complexity index is 1090. The number of aromatic amines is 1.